The molecule has 0 saturated heterocycles. The van der Waals surface area contributed by atoms with Gasteiger partial charge >= 0.3 is 0 Å². The second-order valence-electron chi connectivity index (χ2n) is 13.5. The first kappa shape index (κ1) is 30.2. The van der Waals surface area contributed by atoms with Crippen molar-refractivity contribution in [1.82, 2.24) is 20.4 Å². The molecule has 0 radical (unpaired) electrons. The lowest BCUT2D eigenvalue weighted by Gasteiger charge is -2.28. The fourth-order valence-electron chi connectivity index (χ4n) is 6.54. The average Bonchev–Trinajstić information content (AvgIpc) is 4.00. The van der Waals surface area contributed by atoms with Crippen molar-refractivity contribution in [3.05, 3.63) is 107 Å². The van der Waals surface area contributed by atoms with Crippen LogP contribution in [0.3, 0.4) is 0 Å². The van der Waals surface area contributed by atoms with E-state index in [9.17, 15) is 9.59 Å². The van der Waals surface area contributed by atoms with Crippen molar-refractivity contribution in [2.75, 3.05) is 10.6 Å². The Morgan fingerprint density at radius 2 is 1.04 bits per heavy atom. The second-order valence-corrected chi connectivity index (χ2v) is 13.5. The number of aromatic nitrogens is 4. The Morgan fingerprint density at radius 3 is 1.46 bits per heavy atom. The van der Waals surface area contributed by atoms with E-state index in [-0.39, 0.29) is 24.4 Å². The highest BCUT2D eigenvalue weighted by Gasteiger charge is 2.27. The third-order valence-electron chi connectivity index (χ3n) is 9.30. The third kappa shape index (κ3) is 8.42. The SMILES string of the molecule is O=C(Cc1cccc(NC2CC2)c1)Cc1ccc([C@H]2CCC[C@H](c3ccc(CC(=O)Cc4cccc(NC5CC5)c4)nn3)C2)nn1. The monoisotopic (exact) mass is 614 g/mol. The third-order valence-corrected chi connectivity index (χ3v) is 9.30. The van der Waals surface area contributed by atoms with Gasteiger partial charge in [-0.2, -0.15) is 20.4 Å². The summed E-state index contributed by atoms with van der Waals surface area (Å²) in [6.45, 7) is 0. The topological polar surface area (TPSA) is 110 Å². The van der Waals surface area contributed by atoms with E-state index in [0.717, 1.165) is 59.6 Å². The number of nitrogens with zero attached hydrogens (tertiary/aromatic N) is 4. The number of nitrogens with one attached hydrogen (secondary N) is 2. The molecule has 7 rings (SSSR count). The maximum Gasteiger partial charge on any atom is 0.143 e. The van der Waals surface area contributed by atoms with Gasteiger partial charge < -0.3 is 10.6 Å². The first-order chi connectivity index (χ1) is 22.5. The number of carbonyl (C=O) groups excluding carboxylic acids is 2. The van der Waals surface area contributed by atoms with Crippen molar-refractivity contribution in [2.24, 2.45) is 0 Å². The zero-order valence-electron chi connectivity index (χ0n) is 26.3. The molecule has 0 spiro atoms. The molecule has 2 heterocycles. The Bertz CT molecular complexity index is 1540. The van der Waals surface area contributed by atoms with E-state index in [1.165, 1.54) is 25.7 Å². The summed E-state index contributed by atoms with van der Waals surface area (Å²) in [5, 5.41) is 25.0. The Labute approximate surface area is 270 Å². The van der Waals surface area contributed by atoms with Gasteiger partial charge in [0.25, 0.3) is 0 Å². The molecule has 3 saturated carbocycles. The molecule has 2 atom stereocenters. The number of hydrogen-bond acceptors (Lipinski definition) is 8. The number of anilines is 2. The predicted molar refractivity (Wildman–Crippen MR) is 179 cm³/mol. The predicted octanol–water partition coefficient (Wildman–Crippen LogP) is 6.57. The quantitative estimate of drug-likeness (QED) is 0.164. The molecule has 3 aliphatic rings. The van der Waals surface area contributed by atoms with Crippen LogP contribution in [0.4, 0.5) is 11.4 Å². The van der Waals surface area contributed by atoms with Crippen LogP contribution in [0.1, 0.15) is 97.1 Å². The number of benzene rings is 2. The molecule has 236 valence electrons. The van der Waals surface area contributed by atoms with Crippen LogP contribution >= 0.6 is 0 Å². The van der Waals surface area contributed by atoms with Crippen LogP contribution in [0, 0.1) is 0 Å². The lowest BCUT2D eigenvalue weighted by atomic mass is 9.78. The number of ketones is 2. The van der Waals surface area contributed by atoms with Crippen molar-refractivity contribution in [3.8, 4) is 0 Å². The standard InChI is InChI=1S/C38H42N6O2/c45-35(20-25-4-1-8-31(18-25)39-29-10-11-29)23-33-14-16-37(43-41-33)27-6-3-7-28(22-27)38-17-15-34(42-44-38)24-36(46)21-26-5-2-9-32(19-26)40-30-12-13-30/h1-2,4-5,8-9,14-19,27-30,39-40H,3,6-7,10-13,20-24H2/t27-,28-/m0/s1. The molecular weight excluding hydrogens is 572 g/mol. The van der Waals surface area contributed by atoms with Gasteiger partial charge in [-0.3, -0.25) is 9.59 Å². The largest absolute Gasteiger partial charge is 0.382 e. The van der Waals surface area contributed by atoms with Gasteiger partial charge in [0.05, 0.1) is 35.6 Å². The summed E-state index contributed by atoms with van der Waals surface area (Å²) >= 11 is 0. The highest BCUT2D eigenvalue weighted by Crippen LogP contribution is 2.40. The van der Waals surface area contributed by atoms with E-state index in [4.69, 9.17) is 0 Å². The molecule has 8 heteroatoms. The molecule has 4 aromatic rings. The Kier molecular flexibility index (Phi) is 9.12. The molecule has 8 nitrogen and oxygen atoms in total. The number of carbonyl (C=O) groups is 2. The molecule has 46 heavy (non-hydrogen) atoms. The molecule has 2 aromatic carbocycles. The molecule has 0 amide bonds. The van der Waals surface area contributed by atoms with Gasteiger partial charge in [0.1, 0.15) is 11.6 Å². The highest BCUT2D eigenvalue weighted by atomic mass is 16.1. The van der Waals surface area contributed by atoms with Crippen molar-refractivity contribution in [1.29, 1.82) is 0 Å². The Morgan fingerprint density at radius 1 is 0.565 bits per heavy atom. The van der Waals surface area contributed by atoms with Crippen LogP contribution in [0.15, 0.2) is 72.8 Å². The van der Waals surface area contributed by atoms with E-state index >= 15 is 0 Å². The van der Waals surface area contributed by atoms with Gasteiger partial charge in [-0.15, -0.1) is 0 Å². The molecule has 2 aromatic heterocycles. The minimum Gasteiger partial charge on any atom is -0.382 e. The molecule has 0 unspecified atom stereocenters. The first-order valence-corrected chi connectivity index (χ1v) is 16.9. The van der Waals surface area contributed by atoms with Gasteiger partial charge in [0.15, 0.2) is 0 Å². The van der Waals surface area contributed by atoms with Crippen LogP contribution < -0.4 is 10.6 Å². The van der Waals surface area contributed by atoms with Crippen LogP contribution in [-0.2, 0) is 35.3 Å². The summed E-state index contributed by atoms with van der Waals surface area (Å²) in [5.74, 6) is 0.877. The highest BCUT2D eigenvalue weighted by molar-refractivity contribution is 5.83. The second kappa shape index (κ2) is 13.9. The van der Waals surface area contributed by atoms with E-state index < -0.39 is 0 Å². The summed E-state index contributed by atoms with van der Waals surface area (Å²) < 4.78 is 0. The maximum atomic E-state index is 12.8. The van der Waals surface area contributed by atoms with E-state index in [1.54, 1.807) is 0 Å². The van der Waals surface area contributed by atoms with Gasteiger partial charge in [0.2, 0.25) is 0 Å². The Balaban J connectivity index is 0.893. The lowest BCUT2D eigenvalue weighted by Crippen LogP contribution is -2.17. The Hall–Kier alpha value is -4.46. The van der Waals surface area contributed by atoms with Gasteiger partial charge in [0, 0.05) is 48.1 Å². The molecule has 3 fully saturated rings. The lowest BCUT2D eigenvalue weighted by molar-refractivity contribution is -0.118. The maximum absolute atomic E-state index is 12.8. The number of rotatable bonds is 14. The van der Waals surface area contributed by atoms with Gasteiger partial charge in [-0.05, 0) is 105 Å². The summed E-state index contributed by atoms with van der Waals surface area (Å²) in [6, 6.07) is 25.5. The average molecular weight is 615 g/mol. The zero-order chi connectivity index (χ0) is 31.3. The van der Waals surface area contributed by atoms with Crippen LogP contribution in [0.2, 0.25) is 0 Å². The molecule has 3 aliphatic carbocycles. The van der Waals surface area contributed by atoms with E-state index in [2.05, 4.69) is 55.3 Å². The molecule has 0 bridgehead atoms. The van der Waals surface area contributed by atoms with Crippen LogP contribution in [-0.4, -0.2) is 44.0 Å². The van der Waals surface area contributed by atoms with E-state index in [1.807, 2.05) is 48.5 Å². The van der Waals surface area contributed by atoms with Crippen molar-refractivity contribution in [2.45, 2.75) is 101 Å². The normalized spacial score (nSPS) is 19.4. The van der Waals surface area contributed by atoms with Crippen LogP contribution in [0.5, 0.6) is 0 Å². The van der Waals surface area contributed by atoms with Crippen molar-refractivity contribution >= 4 is 22.9 Å². The minimum absolute atomic E-state index is 0.141. The molecular formula is C38H42N6O2. The van der Waals surface area contributed by atoms with Crippen LogP contribution in [0.25, 0.3) is 0 Å². The zero-order valence-corrected chi connectivity index (χ0v) is 26.3. The van der Waals surface area contributed by atoms with E-state index in [0.29, 0.717) is 48.1 Å². The molecule has 0 aliphatic heterocycles. The number of hydrogen-bond donors (Lipinski definition) is 2. The molecule has 2 N–H and O–H groups in total. The van der Waals surface area contributed by atoms with Gasteiger partial charge in [-0.1, -0.05) is 30.7 Å². The fraction of sp³-hybridized carbons (Fsp3) is 0.421. The summed E-state index contributed by atoms with van der Waals surface area (Å²) in [5.41, 5.74) is 7.62. The fourth-order valence-corrected chi connectivity index (χ4v) is 6.54. The first-order valence-electron chi connectivity index (χ1n) is 16.9. The summed E-state index contributed by atoms with van der Waals surface area (Å²) in [4.78, 5) is 25.6. The van der Waals surface area contributed by atoms with Crippen molar-refractivity contribution < 1.29 is 9.59 Å². The summed E-state index contributed by atoms with van der Waals surface area (Å²) in [7, 11) is 0. The minimum atomic E-state index is 0.141. The van der Waals surface area contributed by atoms with Crippen molar-refractivity contribution in [3.63, 3.8) is 0 Å². The smallest absolute Gasteiger partial charge is 0.143 e. The summed E-state index contributed by atoms with van der Waals surface area (Å²) in [6.07, 6.45) is 10.4. The van der Waals surface area contributed by atoms with Gasteiger partial charge in [-0.25, -0.2) is 0 Å². The number of Topliss-reactive ketones (excluding diaryl/α,β-unsaturated/α-hetero) is 2.